The summed E-state index contributed by atoms with van der Waals surface area (Å²) in [4.78, 5) is 30.5. The molecular formula is C29H22Cl2N4O2. The third-order valence-electron chi connectivity index (χ3n) is 5.96. The van der Waals surface area contributed by atoms with Crippen LogP contribution in [-0.2, 0) is 6.54 Å². The lowest BCUT2D eigenvalue weighted by Gasteiger charge is -2.13. The summed E-state index contributed by atoms with van der Waals surface area (Å²) in [6.07, 6.45) is 0. The molecule has 5 aromatic rings. The minimum absolute atomic E-state index is 0.178. The Morgan fingerprint density at radius 2 is 1.51 bits per heavy atom. The molecule has 0 bridgehead atoms. The largest absolute Gasteiger partial charge is 0.323 e. The molecule has 0 fully saturated rings. The molecule has 37 heavy (non-hydrogen) atoms. The van der Waals surface area contributed by atoms with Gasteiger partial charge in [0, 0.05) is 21.4 Å². The molecular weight excluding hydrogens is 507 g/mol. The number of carbonyl (C=O) groups excluding carboxylic acids is 1. The second-order valence-electron chi connectivity index (χ2n) is 8.58. The van der Waals surface area contributed by atoms with E-state index < -0.39 is 6.03 Å². The van der Waals surface area contributed by atoms with Crippen molar-refractivity contribution in [3.63, 3.8) is 0 Å². The summed E-state index contributed by atoms with van der Waals surface area (Å²) in [6.45, 7) is 2.19. The van der Waals surface area contributed by atoms with Gasteiger partial charge in [0.15, 0.2) is 0 Å². The van der Waals surface area contributed by atoms with E-state index in [1.54, 1.807) is 47.0 Å². The van der Waals surface area contributed by atoms with E-state index in [0.717, 1.165) is 16.7 Å². The molecule has 2 amide bonds. The van der Waals surface area contributed by atoms with Crippen LogP contribution in [0.1, 0.15) is 11.4 Å². The highest BCUT2D eigenvalue weighted by atomic mass is 35.5. The lowest BCUT2D eigenvalue weighted by atomic mass is 10.0. The van der Waals surface area contributed by atoms with E-state index in [1.165, 1.54) is 0 Å². The molecule has 0 saturated carbocycles. The molecule has 0 aliphatic carbocycles. The van der Waals surface area contributed by atoms with E-state index in [-0.39, 0.29) is 5.56 Å². The van der Waals surface area contributed by atoms with Crippen LogP contribution in [0, 0.1) is 6.92 Å². The number of nitrogens with zero attached hydrogens (tertiary/aromatic N) is 2. The third kappa shape index (κ3) is 5.66. The van der Waals surface area contributed by atoms with Crippen molar-refractivity contribution in [3.05, 3.63) is 123 Å². The van der Waals surface area contributed by atoms with E-state index in [1.807, 2.05) is 55.5 Å². The zero-order chi connectivity index (χ0) is 25.9. The average Bonchev–Trinajstić information content (AvgIpc) is 2.89. The van der Waals surface area contributed by atoms with Crippen LogP contribution in [0.3, 0.4) is 0 Å². The van der Waals surface area contributed by atoms with Crippen LogP contribution in [0.4, 0.5) is 16.2 Å². The van der Waals surface area contributed by atoms with Crippen LogP contribution in [0.25, 0.3) is 22.0 Å². The van der Waals surface area contributed by atoms with Gasteiger partial charge in [0.25, 0.3) is 5.56 Å². The SMILES string of the molecule is Cc1nc2ccc(NC(=O)Nc3ccc(Cl)cc3)cc2c(=O)n1Cc1ccc(-c2cccc(Cl)c2)cc1. The molecule has 0 spiro atoms. The summed E-state index contributed by atoms with van der Waals surface area (Å²) in [5.41, 5.74) is 4.51. The number of hydrogen-bond donors (Lipinski definition) is 2. The first kappa shape index (κ1) is 24.6. The first-order chi connectivity index (χ1) is 17.9. The van der Waals surface area contributed by atoms with Gasteiger partial charge in [0.2, 0.25) is 0 Å². The minimum Gasteiger partial charge on any atom is -0.308 e. The van der Waals surface area contributed by atoms with Crippen LogP contribution in [-0.4, -0.2) is 15.6 Å². The highest BCUT2D eigenvalue weighted by Crippen LogP contribution is 2.23. The maximum atomic E-state index is 13.4. The molecule has 6 nitrogen and oxygen atoms in total. The Bertz CT molecular complexity index is 1660. The molecule has 0 radical (unpaired) electrons. The van der Waals surface area contributed by atoms with Gasteiger partial charge in [-0.25, -0.2) is 9.78 Å². The van der Waals surface area contributed by atoms with Gasteiger partial charge in [0.1, 0.15) is 5.82 Å². The Balaban J connectivity index is 1.37. The van der Waals surface area contributed by atoms with Crippen molar-refractivity contribution in [3.8, 4) is 11.1 Å². The lowest BCUT2D eigenvalue weighted by Crippen LogP contribution is -2.25. The number of urea groups is 1. The Morgan fingerprint density at radius 3 is 2.24 bits per heavy atom. The number of anilines is 2. The first-order valence-corrected chi connectivity index (χ1v) is 12.3. The van der Waals surface area contributed by atoms with E-state index in [9.17, 15) is 9.59 Å². The van der Waals surface area contributed by atoms with Crippen LogP contribution in [0.5, 0.6) is 0 Å². The number of aromatic nitrogens is 2. The van der Waals surface area contributed by atoms with Gasteiger partial charge < -0.3 is 10.6 Å². The highest BCUT2D eigenvalue weighted by Gasteiger charge is 2.11. The van der Waals surface area contributed by atoms with Crippen molar-refractivity contribution in [1.82, 2.24) is 9.55 Å². The van der Waals surface area contributed by atoms with Crippen molar-refractivity contribution < 1.29 is 4.79 Å². The fourth-order valence-electron chi connectivity index (χ4n) is 4.08. The fraction of sp³-hybridized carbons (Fsp3) is 0.0690. The quantitative estimate of drug-likeness (QED) is 0.250. The molecule has 0 atom stereocenters. The second kappa shape index (κ2) is 10.5. The summed E-state index contributed by atoms with van der Waals surface area (Å²) in [7, 11) is 0. The smallest absolute Gasteiger partial charge is 0.308 e. The molecule has 2 N–H and O–H groups in total. The van der Waals surface area contributed by atoms with Gasteiger partial charge in [-0.3, -0.25) is 9.36 Å². The van der Waals surface area contributed by atoms with Crippen molar-refractivity contribution in [2.45, 2.75) is 13.5 Å². The Labute approximate surface area is 223 Å². The first-order valence-electron chi connectivity index (χ1n) is 11.6. The van der Waals surface area contributed by atoms with Gasteiger partial charge in [-0.1, -0.05) is 59.6 Å². The molecule has 0 aliphatic rings. The van der Waals surface area contributed by atoms with Crippen molar-refractivity contribution in [2.24, 2.45) is 0 Å². The van der Waals surface area contributed by atoms with Gasteiger partial charge >= 0.3 is 6.03 Å². The number of nitrogens with one attached hydrogen (secondary N) is 2. The number of halogens is 2. The second-order valence-corrected chi connectivity index (χ2v) is 9.45. The zero-order valence-corrected chi connectivity index (χ0v) is 21.3. The van der Waals surface area contributed by atoms with Crippen LogP contribution >= 0.6 is 23.2 Å². The molecule has 0 aliphatic heterocycles. The monoisotopic (exact) mass is 528 g/mol. The van der Waals surface area contributed by atoms with E-state index in [2.05, 4.69) is 15.6 Å². The molecule has 5 rings (SSSR count). The summed E-state index contributed by atoms with van der Waals surface area (Å²) in [6, 6.07) is 27.1. The van der Waals surface area contributed by atoms with E-state index in [4.69, 9.17) is 23.2 Å². The van der Waals surface area contributed by atoms with Crippen molar-refractivity contribution >= 4 is 51.5 Å². The maximum absolute atomic E-state index is 13.4. The van der Waals surface area contributed by atoms with Crippen molar-refractivity contribution in [2.75, 3.05) is 10.6 Å². The van der Waals surface area contributed by atoms with Gasteiger partial charge in [-0.05, 0) is 78.2 Å². The Hall–Kier alpha value is -4.13. The predicted octanol–water partition coefficient (Wildman–Crippen LogP) is 7.37. The number of hydrogen-bond acceptors (Lipinski definition) is 3. The number of benzene rings is 4. The lowest BCUT2D eigenvalue weighted by molar-refractivity contribution is 0.262. The highest BCUT2D eigenvalue weighted by molar-refractivity contribution is 6.31. The van der Waals surface area contributed by atoms with Gasteiger partial charge in [-0.15, -0.1) is 0 Å². The minimum atomic E-state index is -0.429. The number of rotatable bonds is 5. The number of aryl methyl sites for hydroxylation is 1. The maximum Gasteiger partial charge on any atom is 0.323 e. The molecule has 0 unspecified atom stereocenters. The molecule has 0 saturated heterocycles. The molecule has 1 aromatic heterocycles. The van der Waals surface area contributed by atoms with Crippen LogP contribution < -0.4 is 16.2 Å². The van der Waals surface area contributed by atoms with Gasteiger partial charge in [0.05, 0.1) is 17.4 Å². The topological polar surface area (TPSA) is 76.0 Å². The van der Waals surface area contributed by atoms with Crippen molar-refractivity contribution in [1.29, 1.82) is 0 Å². The van der Waals surface area contributed by atoms with E-state index in [0.29, 0.717) is 44.7 Å². The van der Waals surface area contributed by atoms with E-state index >= 15 is 0 Å². The Kier molecular flexibility index (Phi) is 6.95. The third-order valence-corrected chi connectivity index (χ3v) is 6.44. The molecule has 1 heterocycles. The molecule has 8 heteroatoms. The number of carbonyl (C=O) groups is 1. The van der Waals surface area contributed by atoms with Crippen LogP contribution in [0.15, 0.2) is 95.8 Å². The summed E-state index contributed by atoms with van der Waals surface area (Å²) in [5, 5.41) is 7.19. The molecule has 184 valence electrons. The number of amides is 2. The summed E-state index contributed by atoms with van der Waals surface area (Å²) < 4.78 is 1.63. The summed E-state index contributed by atoms with van der Waals surface area (Å²) in [5.74, 6) is 0.609. The normalized spacial score (nSPS) is 10.9. The zero-order valence-electron chi connectivity index (χ0n) is 19.8. The van der Waals surface area contributed by atoms with Gasteiger partial charge in [-0.2, -0.15) is 0 Å². The van der Waals surface area contributed by atoms with Crippen LogP contribution in [0.2, 0.25) is 10.0 Å². The Morgan fingerprint density at radius 1 is 0.811 bits per heavy atom. The number of fused-ring (bicyclic) bond motifs is 1. The standard InChI is InChI=1S/C29H22Cl2N4O2/c1-18-32-27-14-13-25(34-29(37)33-24-11-9-22(30)10-12-24)16-26(27)28(36)35(18)17-19-5-7-20(8-6-19)21-3-2-4-23(31)15-21/h2-16H,17H2,1H3,(H2,33,34,37). The molecule has 4 aromatic carbocycles. The fourth-order valence-corrected chi connectivity index (χ4v) is 4.39. The predicted molar refractivity (Wildman–Crippen MR) is 151 cm³/mol. The average molecular weight is 529 g/mol. The summed E-state index contributed by atoms with van der Waals surface area (Å²) >= 11 is 12.0.